The van der Waals surface area contributed by atoms with Crippen molar-refractivity contribution in [3.05, 3.63) is 46.0 Å². The van der Waals surface area contributed by atoms with Gasteiger partial charge in [-0.15, -0.1) is 5.38 Å². The van der Waals surface area contributed by atoms with Gasteiger partial charge >= 0.3 is 10.1 Å². The third kappa shape index (κ3) is 4.50. The number of nitrogens with zero attached hydrogens (tertiary/aromatic N) is 3. The molecule has 0 aliphatic heterocycles. The maximum absolute atomic E-state index is 13.9. The summed E-state index contributed by atoms with van der Waals surface area (Å²) in [5, 5.41) is 7.63. The molecule has 0 bridgehead atoms. The van der Waals surface area contributed by atoms with Gasteiger partial charge in [-0.25, -0.2) is 9.37 Å². The Morgan fingerprint density at radius 1 is 1.39 bits per heavy atom. The molecule has 0 fully saturated rings. The maximum atomic E-state index is 13.9. The Balaban J connectivity index is 0.00000128. The van der Waals surface area contributed by atoms with Crippen LogP contribution in [0.15, 0.2) is 24.3 Å². The second kappa shape index (κ2) is 9.41. The van der Waals surface area contributed by atoms with Crippen molar-refractivity contribution in [2.45, 2.75) is 6.92 Å². The summed E-state index contributed by atoms with van der Waals surface area (Å²) in [5.41, 5.74) is 1.30. The van der Waals surface area contributed by atoms with Crippen molar-refractivity contribution in [1.29, 1.82) is 0 Å². The van der Waals surface area contributed by atoms with Crippen LogP contribution < -0.4 is 0 Å². The minimum atomic E-state index is -0.427. The van der Waals surface area contributed by atoms with E-state index in [0.717, 1.165) is 10.4 Å². The minimum Gasteiger partial charge on any atom is -1.00 e. The monoisotopic (exact) mass is 570 g/mol. The third-order valence-electron chi connectivity index (χ3n) is 2.95. The maximum Gasteiger partial charge on any atom is 2.00 e. The zero-order valence-electron chi connectivity index (χ0n) is 13.3. The van der Waals surface area contributed by atoms with E-state index in [2.05, 4.69) is 52.7 Å². The summed E-state index contributed by atoms with van der Waals surface area (Å²) in [6.45, 7) is 1.98. The average Bonchev–Trinajstić information content (AvgIpc) is 3.07. The van der Waals surface area contributed by atoms with Crippen LogP contribution in [0.1, 0.15) is 6.99 Å². The van der Waals surface area contributed by atoms with Gasteiger partial charge in [0.25, 0.3) is 0 Å². The van der Waals surface area contributed by atoms with Crippen molar-refractivity contribution in [3.8, 4) is 22.1 Å². The Kier molecular flexibility index (Phi) is 8.57. The van der Waals surface area contributed by atoms with Crippen LogP contribution in [-0.4, -0.2) is 24.9 Å². The van der Waals surface area contributed by atoms with Gasteiger partial charge in [-0.2, -0.15) is 16.7 Å². The van der Waals surface area contributed by atoms with Crippen molar-refractivity contribution in [3.63, 3.8) is 0 Å². The molecule has 9 heteroatoms. The normalized spacial score (nSPS) is 9.83. The van der Waals surface area contributed by atoms with Gasteiger partial charge < -0.3 is 1.43 Å². The zero-order chi connectivity index (χ0) is 16.3. The molecule has 0 atom stereocenters. The Morgan fingerprint density at radius 3 is 2.65 bits per heavy atom. The van der Waals surface area contributed by atoms with Gasteiger partial charge in [0.15, 0.2) is 5.82 Å². The van der Waals surface area contributed by atoms with Crippen LogP contribution in [0.5, 0.6) is 0 Å². The molecule has 0 saturated heterocycles. The Morgan fingerprint density at radius 2 is 2.09 bits per heavy atom. The molecular weight excluding hydrogens is 560 g/mol. The summed E-state index contributed by atoms with van der Waals surface area (Å²) in [7, 11) is 1.78. The first kappa shape index (κ1) is 21.0. The van der Waals surface area contributed by atoms with Gasteiger partial charge in [0.05, 0.1) is 10.6 Å². The summed E-state index contributed by atoms with van der Waals surface area (Å²) < 4.78 is 15.6. The van der Waals surface area contributed by atoms with Crippen molar-refractivity contribution in [1.82, 2.24) is 14.8 Å². The fraction of sp³-hybridized carbons (Fsp3) is 0.143. The molecule has 118 valence electrons. The molecule has 0 spiro atoms. The fourth-order valence-corrected chi connectivity index (χ4v) is 3.03. The van der Waals surface area contributed by atoms with Gasteiger partial charge in [-0.05, 0) is 12.1 Å². The summed E-state index contributed by atoms with van der Waals surface area (Å²) in [4.78, 5) is 5.39. The van der Waals surface area contributed by atoms with Gasteiger partial charge in [0.2, 0.25) is 0 Å². The molecule has 2 heterocycles. The molecule has 0 aliphatic rings. The number of halogens is 4. The summed E-state index contributed by atoms with van der Waals surface area (Å²) in [5.74, 6) is 0.547. The van der Waals surface area contributed by atoms with Crippen LogP contribution in [0.25, 0.3) is 22.1 Å². The van der Waals surface area contributed by atoms with Crippen molar-refractivity contribution in [2.75, 3.05) is 0 Å². The van der Waals surface area contributed by atoms with Gasteiger partial charge in [0, 0.05) is 44.3 Å². The number of hydrogen-bond acceptors (Lipinski definition) is 3. The molecule has 3 nitrogen and oxygen atoms in total. The molecule has 1 aromatic carbocycles. The molecule has 0 unspecified atom stereocenters. The Hall–Kier alpha value is -0.0912. The van der Waals surface area contributed by atoms with Crippen LogP contribution in [-0.2, 0) is 7.05 Å². The van der Waals surface area contributed by atoms with E-state index in [-0.39, 0.29) is 17.1 Å². The van der Waals surface area contributed by atoms with Crippen LogP contribution in [0, 0.1) is 18.1 Å². The number of aryl methyl sites for hydroxylation is 2. The van der Waals surface area contributed by atoms with Crippen LogP contribution >= 0.6 is 60.2 Å². The molecular formula is C14H11BeClFI2N3S. The van der Waals surface area contributed by atoms with Crippen molar-refractivity contribution < 1.29 is 5.82 Å². The number of benzene rings is 1. The van der Waals surface area contributed by atoms with Crippen molar-refractivity contribution >= 4 is 70.3 Å². The summed E-state index contributed by atoms with van der Waals surface area (Å²) in [6.07, 6.45) is 0. The quantitative estimate of drug-likeness (QED) is 0.228. The SMILES string of the molecule is Cc1c[c-]sc1-c1nc(-c2c(F)cccc2Cl)nn1C.II.[Be+2].[H-]. The molecule has 0 radical (unpaired) electrons. The first-order chi connectivity index (χ1) is 10.6. The third-order valence-corrected chi connectivity index (χ3v) is 4.21. The van der Waals surface area contributed by atoms with Crippen molar-refractivity contribution in [2.24, 2.45) is 7.05 Å². The topological polar surface area (TPSA) is 30.7 Å². The first-order valence-electron chi connectivity index (χ1n) is 6.04. The van der Waals surface area contributed by atoms with E-state index in [0.29, 0.717) is 16.7 Å². The van der Waals surface area contributed by atoms with E-state index >= 15 is 0 Å². The van der Waals surface area contributed by atoms with E-state index in [4.69, 9.17) is 11.6 Å². The number of thiophene rings is 1. The molecule has 0 saturated carbocycles. The summed E-state index contributed by atoms with van der Waals surface area (Å²) >= 11 is 11.7. The average molecular weight is 571 g/mol. The molecule has 0 N–H and O–H groups in total. The Labute approximate surface area is 171 Å². The van der Waals surface area contributed by atoms with Crippen LogP contribution in [0.2, 0.25) is 5.02 Å². The predicted molar refractivity (Wildman–Crippen MR) is 113 cm³/mol. The van der Waals surface area contributed by atoms with Gasteiger partial charge in [-0.1, -0.05) is 29.5 Å². The zero-order valence-corrected chi connectivity index (χ0v) is 18.2. The van der Waals surface area contributed by atoms with E-state index in [1.165, 1.54) is 17.4 Å². The standard InChI is InChI=1S/C14H10ClFN3S.Be.I2.H/c1-8-6-7-20-12(8)14-17-13(18-19(14)2)11-9(15)4-3-5-10(11)16;;1-2;/h3-6H,1-2H3;;;/q-1;+2;;-1. The van der Waals surface area contributed by atoms with E-state index in [1.54, 1.807) is 23.9 Å². The molecule has 3 aromatic rings. The molecule has 3 rings (SSSR count). The Bertz CT molecular complexity index is 780. The minimum absolute atomic E-state index is 0. The predicted octanol–water partition coefficient (Wildman–Crippen LogP) is 5.61. The van der Waals surface area contributed by atoms with E-state index < -0.39 is 5.82 Å². The summed E-state index contributed by atoms with van der Waals surface area (Å²) in [6, 6.07) is 6.43. The van der Waals surface area contributed by atoms with E-state index in [1.807, 2.05) is 13.0 Å². The molecule has 23 heavy (non-hydrogen) atoms. The number of aromatic nitrogens is 3. The van der Waals surface area contributed by atoms with Crippen LogP contribution in [0.3, 0.4) is 0 Å². The molecule has 0 amide bonds. The van der Waals surface area contributed by atoms with Gasteiger partial charge in [0.1, 0.15) is 11.6 Å². The fourth-order valence-electron chi connectivity index (χ4n) is 1.94. The molecule has 0 aliphatic carbocycles. The first-order valence-corrected chi connectivity index (χ1v) is 13.5. The van der Waals surface area contributed by atoms with Gasteiger partial charge in [-0.3, -0.25) is 16.0 Å². The number of hydrogen-bond donors (Lipinski definition) is 0. The smallest absolute Gasteiger partial charge is 1.00 e. The molecule has 2 aromatic heterocycles. The second-order valence-corrected chi connectivity index (χ2v) is 5.61. The van der Waals surface area contributed by atoms with E-state index in [9.17, 15) is 4.39 Å². The largest absolute Gasteiger partial charge is 2.00 e. The van der Waals surface area contributed by atoms with Crippen LogP contribution in [0.4, 0.5) is 4.39 Å². The number of rotatable bonds is 2. The second-order valence-electron chi connectivity index (χ2n) is 4.36.